The molecule has 0 nitrogen and oxygen atoms in total. The molecule has 0 amide bonds. The number of hydrogen-bond donors (Lipinski definition) is 0. The van der Waals surface area contributed by atoms with Crippen LogP contribution in [-0.4, -0.2) is 25.5 Å². The van der Waals surface area contributed by atoms with Gasteiger partial charge in [-0.05, 0) is 0 Å². The van der Waals surface area contributed by atoms with Gasteiger partial charge in [-0.15, -0.1) is 0 Å². The van der Waals surface area contributed by atoms with E-state index in [-0.39, 0.29) is 50.9 Å². The van der Waals surface area contributed by atoms with Crippen LogP contribution in [0.25, 0.3) is 0 Å². The Bertz CT molecular complexity index is 11.6. The zero-order valence-electron chi connectivity index (χ0n) is 2.12. The summed E-state index contributed by atoms with van der Waals surface area (Å²) in [5, 5.41) is 0. The molecule has 5 heavy (non-hydrogen) atoms. The third kappa shape index (κ3) is 21.2. The van der Waals surface area contributed by atoms with Crippen molar-refractivity contribution >= 4 is 25.5 Å². The SMILES string of the molecule is [AlH3].[Cu].[Ni].[SiH3][Ti]. The van der Waals surface area contributed by atoms with E-state index in [9.17, 15) is 0 Å². The fraction of sp³-hybridized carbons (Fsp3) is 0. The molecule has 0 spiro atoms. The molecule has 0 aromatic heterocycles. The first kappa shape index (κ1) is 25.9. The topological polar surface area (TPSA) is 0 Å². The van der Waals surface area contributed by atoms with E-state index in [0.29, 0.717) is 0 Å². The Kier molecular flexibility index (Phi) is 164. The van der Waals surface area contributed by atoms with Crippen molar-refractivity contribution < 1.29 is 53.3 Å². The van der Waals surface area contributed by atoms with E-state index in [4.69, 9.17) is 0 Å². The molecule has 0 bridgehead atoms. The van der Waals surface area contributed by atoms with Crippen LogP contribution in [0.5, 0.6) is 0 Å². The Balaban J connectivity index is -0.00000000167. The zero-order valence-corrected chi connectivity index (χ0v) is 7.61. The van der Waals surface area contributed by atoms with E-state index in [1.807, 2.05) is 0 Å². The van der Waals surface area contributed by atoms with Gasteiger partial charge in [-0.3, -0.25) is 0 Å². The van der Waals surface area contributed by atoms with Gasteiger partial charge < -0.3 is 0 Å². The molecule has 5 heteroatoms. The average molecular weight is 231 g/mol. The van der Waals surface area contributed by atoms with E-state index >= 15 is 0 Å². The molecule has 0 saturated carbocycles. The first-order valence-electron chi connectivity index (χ1n) is 0.500. The fourth-order valence-electron chi connectivity index (χ4n) is 0. The second-order valence-corrected chi connectivity index (χ2v) is 0. The van der Waals surface area contributed by atoms with Crippen LogP contribution < -0.4 is 0 Å². The molecule has 0 atom stereocenters. The minimum absolute atomic E-state index is 0. The van der Waals surface area contributed by atoms with Crippen molar-refractivity contribution in [1.82, 2.24) is 0 Å². The third-order valence-electron chi connectivity index (χ3n) is 0. The number of hydrogen-bond acceptors (Lipinski definition) is 0. The molecular formula is H6AlCuNiSiTi. The zero-order chi connectivity index (χ0) is 2.00. The normalized spacial score (nSPS) is 1.40. The summed E-state index contributed by atoms with van der Waals surface area (Å²) >= 11 is 2.14. The minimum atomic E-state index is 0. The van der Waals surface area contributed by atoms with Crippen LogP contribution in [-0.2, 0) is 53.3 Å². The summed E-state index contributed by atoms with van der Waals surface area (Å²) in [7, 11) is 1.31. The van der Waals surface area contributed by atoms with Gasteiger partial charge in [0.2, 0.25) is 0 Å². The molecule has 0 unspecified atom stereocenters. The van der Waals surface area contributed by atoms with E-state index in [2.05, 4.69) is 19.7 Å². The van der Waals surface area contributed by atoms with Gasteiger partial charge in [0.1, 0.15) is 0 Å². The Morgan fingerprint density at radius 2 is 1.20 bits per heavy atom. The van der Waals surface area contributed by atoms with Crippen LogP contribution in [0.1, 0.15) is 0 Å². The van der Waals surface area contributed by atoms with E-state index < -0.39 is 0 Å². The van der Waals surface area contributed by atoms with Crippen molar-refractivity contribution in [3.8, 4) is 0 Å². The molecule has 0 fully saturated rings. The van der Waals surface area contributed by atoms with Crippen molar-refractivity contribution in [2.24, 2.45) is 0 Å². The Morgan fingerprint density at radius 3 is 1.20 bits per heavy atom. The van der Waals surface area contributed by atoms with Crippen molar-refractivity contribution in [2.75, 3.05) is 0 Å². The molecule has 0 aliphatic carbocycles. The molecule has 38 valence electrons. The summed E-state index contributed by atoms with van der Waals surface area (Å²) in [6.07, 6.45) is 0. The fourth-order valence-corrected chi connectivity index (χ4v) is 0. The van der Waals surface area contributed by atoms with E-state index in [1.165, 1.54) is 8.11 Å². The van der Waals surface area contributed by atoms with Crippen LogP contribution in [0.3, 0.4) is 0 Å². The average Bonchev–Trinajstić information content (AvgIpc) is 1.00. The molecule has 0 saturated heterocycles. The summed E-state index contributed by atoms with van der Waals surface area (Å²) in [4.78, 5) is 0. The van der Waals surface area contributed by atoms with Gasteiger partial charge in [-0.1, -0.05) is 0 Å². The van der Waals surface area contributed by atoms with Crippen LogP contribution in [0, 0.1) is 0 Å². The second kappa shape index (κ2) is 31.7. The quantitative estimate of drug-likeness (QED) is 0.409. The van der Waals surface area contributed by atoms with Gasteiger partial charge in [-0.25, -0.2) is 0 Å². The van der Waals surface area contributed by atoms with E-state index in [0.717, 1.165) is 0 Å². The van der Waals surface area contributed by atoms with E-state index in [1.54, 1.807) is 0 Å². The van der Waals surface area contributed by atoms with Crippen LogP contribution in [0.4, 0.5) is 0 Å². The van der Waals surface area contributed by atoms with Crippen LogP contribution in [0.15, 0.2) is 0 Å². The first-order chi connectivity index (χ1) is 1.00. The summed E-state index contributed by atoms with van der Waals surface area (Å²) in [6.45, 7) is 0. The van der Waals surface area contributed by atoms with Crippen molar-refractivity contribution in [1.29, 1.82) is 0 Å². The molecule has 1 radical (unpaired) electrons. The Hall–Kier alpha value is 2.48. The van der Waals surface area contributed by atoms with Crippen LogP contribution in [0.2, 0.25) is 0 Å². The van der Waals surface area contributed by atoms with Gasteiger partial charge in [0, 0.05) is 33.6 Å². The molecular weight excluding hydrogens is 225 g/mol. The molecule has 0 aromatic rings. The molecule has 0 aromatic carbocycles. The Morgan fingerprint density at radius 1 is 1.20 bits per heavy atom. The molecule has 0 rings (SSSR count). The van der Waals surface area contributed by atoms with Crippen molar-refractivity contribution in [2.45, 2.75) is 0 Å². The Labute approximate surface area is 77.8 Å². The van der Waals surface area contributed by atoms with Gasteiger partial charge in [0.25, 0.3) is 0 Å². The standard InChI is InChI=1S/Al.Cu.Ni.H3Si.Ti.3H/h;;;1H3;;;;. The van der Waals surface area contributed by atoms with Gasteiger partial charge in [-0.2, -0.15) is 0 Å². The summed E-state index contributed by atoms with van der Waals surface area (Å²) in [5.41, 5.74) is 0. The monoisotopic (exact) mass is 230 g/mol. The first-order valence-corrected chi connectivity index (χ1v) is 6.18. The maximum atomic E-state index is 2.14. The maximum absolute atomic E-state index is 2.14. The van der Waals surface area contributed by atoms with Crippen molar-refractivity contribution in [3.63, 3.8) is 0 Å². The molecule has 0 aliphatic rings. The summed E-state index contributed by atoms with van der Waals surface area (Å²) < 4.78 is 0. The van der Waals surface area contributed by atoms with Gasteiger partial charge in [0.05, 0.1) is 0 Å². The molecule has 0 N–H and O–H groups in total. The molecule has 0 heterocycles. The second-order valence-electron chi connectivity index (χ2n) is 0. The third-order valence-corrected chi connectivity index (χ3v) is 0. The van der Waals surface area contributed by atoms with Gasteiger partial charge in [0.15, 0.2) is 17.4 Å². The predicted molar refractivity (Wildman–Crippen MR) is 19.9 cm³/mol. The summed E-state index contributed by atoms with van der Waals surface area (Å²) in [5.74, 6) is 0. The number of rotatable bonds is 0. The van der Waals surface area contributed by atoms with Crippen LogP contribution >= 0.6 is 0 Å². The van der Waals surface area contributed by atoms with Crippen molar-refractivity contribution in [3.05, 3.63) is 0 Å². The summed E-state index contributed by atoms with van der Waals surface area (Å²) in [6, 6.07) is 0. The predicted octanol–water partition coefficient (Wildman–Crippen LogP) is -2.38. The van der Waals surface area contributed by atoms with Gasteiger partial charge >= 0.3 is 27.8 Å². The molecule has 0 aliphatic heterocycles.